The smallest absolute Gasteiger partial charge is 0.258 e. The van der Waals surface area contributed by atoms with E-state index in [-0.39, 0.29) is 10.6 Å². The van der Waals surface area contributed by atoms with E-state index >= 15 is 0 Å². The molecule has 0 aliphatic heterocycles. The number of nitro benzene ring substituents is 1. The highest BCUT2D eigenvalue weighted by atomic mass is 79.9. The standard InChI is InChI=1S/C9H9Br2NO2/c10-4-3-7-1-2-9(12(13)14)5-8(7)6-11/h1-2,5H,3-4,6H2. The molecule has 0 saturated carbocycles. The van der Waals surface area contributed by atoms with Gasteiger partial charge >= 0.3 is 0 Å². The average Bonchev–Trinajstić information content (AvgIpc) is 2.18. The summed E-state index contributed by atoms with van der Waals surface area (Å²) in [6.45, 7) is 0. The van der Waals surface area contributed by atoms with E-state index in [2.05, 4.69) is 31.9 Å². The van der Waals surface area contributed by atoms with E-state index in [9.17, 15) is 10.1 Å². The maximum absolute atomic E-state index is 10.5. The molecular weight excluding hydrogens is 314 g/mol. The number of alkyl halides is 2. The molecule has 0 spiro atoms. The van der Waals surface area contributed by atoms with Crippen molar-refractivity contribution in [3.63, 3.8) is 0 Å². The second kappa shape index (κ2) is 5.46. The zero-order chi connectivity index (χ0) is 10.6. The quantitative estimate of drug-likeness (QED) is 0.484. The normalized spacial score (nSPS) is 10.1. The van der Waals surface area contributed by atoms with Crippen molar-refractivity contribution >= 4 is 37.5 Å². The van der Waals surface area contributed by atoms with Crippen LogP contribution in [0.25, 0.3) is 0 Å². The fourth-order valence-corrected chi connectivity index (χ4v) is 2.15. The van der Waals surface area contributed by atoms with Crippen molar-refractivity contribution in [2.24, 2.45) is 0 Å². The van der Waals surface area contributed by atoms with E-state index in [0.717, 1.165) is 22.9 Å². The van der Waals surface area contributed by atoms with Crippen molar-refractivity contribution in [1.29, 1.82) is 0 Å². The van der Waals surface area contributed by atoms with Gasteiger partial charge in [0.1, 0.15) is 0 Å². The summed E-state index contributed by atoms with van der Waals surface area (Å²) in [5.41, 5.74) is 2.28. The lowest BCUT2D eigenvalue weighted by atomic mass is 10.1. The van der Waals surface area contributed by atoms with Crippen molar-refractivity contribution in [3.05, 3.63) is 39.4 Å². The molecule has 0 fully saturated rings. The molecule has 0 aliphatic carbocycles. The molecule has 3 nitrogen and oxygen atoms in total. The van der Waals surface area contributed by atoms with Crippen LogP contribution in [0.4, 0.5) is 5.69 Å². The SMILES string of the molecule is O=[N+]([O-])c1ccc(CCBr)c(CBr)c1. The van der Waals surface area contributed by atoms with Gasteiger partial charge < -0.3 is 0 Å². The van der Waals surface area contributed by atoms with E-state index in [4.69, 9.17) is 0 Å². The number of aryl methyl sites for hydroxylation is 1. The third-order valence-electron chi connectivity index (χ3n) is 1.91. The van der Waals surface area contributed by atoms with Gasteiger partial charge in [0.2, 0.25) is 0 Å². The first-order valence-electron chi connectivity index (χ1n) is 4.07. The van der Waals surface area contributed by atoms with Crippen LogP contribution in [0.5, 0.6) is 0 Å². The summed E-state index contributed by atoms with van der Waals surface area (Å²) in [5.74, 6) is 0. The Hall–Kier alpha value is -0.420. The maximum Gasteiger partial charge on any atom is 0.269 e. The van der Waals surface area contributed by atoms with Crippen LogP contribution < -0.4 is 0 Å². The first-order chi connectivity index (χ1) is 6.69. The molecule has 0 saturated heterocycles. The molecule has 0 unspecified atom stereocenters. The largest absolute Gasteiger partial charge is 0.269 e. The molecule has 76 valence electrons. The minimum absolute atomic E-state index is 0.151. The fraction of sp³-hybridized carbons (Fsp3) is 0.333. The first kappa shape index (κ1) is 11.7. The third kappa shape index (κ3) is 2.78. The van der Waals surface area contributed by atoms with E-state index in [1.54, 1.807) is 12.1 Å². The topological polar surface area (TPSA) is 43.1 Å². The highest BCUT2D eigenvalue weighted by Gasteiger charge is 2.09. The molecule has 0 aliphatic rings. The number of nitrogens with zero attached hydrogens (tertiary/aromatic N) is 1. The molecule has 0 aromatic heterocycles. The van der Waals surface area contributed by atoms with E-state index in [0.29, 0.717) is 5.33 Å². The fourth-order valence-electron chi connectivity index (χ4n) is 1.20. The highest BCUT2D eigenvalue weighted by molar-refractivity contribution is 9.09. The summed E-state index contributed by atoms with van der Waals surface area (Å²) >= 11 is 6.67. The minimum Gasteiger partial charge on any atom is -0.258 e. The predicted octanol–water partition coefficient (Wildman–Crippen LogP) is 3.43. The number of hydrogen-bond acceptors (Lipinski definition) is 2. The molecule has 1 rings (SSSR count). The van der Waals surface area contributed by atoms with Gasteiger partial charge in [0, 0.05) is 22.8 Å². The number of hydrogen-bond donors (Lipinski definition) is 0. The van der Waals surface area contributed by atoms with Crippen molar-refractivity contribution < 1.29 is 4.92 Å². The van der Waals surface area contributed by atoms with Gasteiger partial charge in [-0.25, -0.2) is 0 Å². The molecular formula is C9H9Br2NO2. The van der Waals surface area contributed by atoms with Crippen molar-refractivity contribution in [3.8, 4) is 0 Å². The maximum atomic E-state index is 10.5. The van der Waals surface area contributed by atoms with Gasteiger partial charge in [-0.15, -0.1) is 0 Å². The third-order valence-corrected chi connectivity index (χ3v) is 2.91. The van der Waals surface area contributed by atoms with E-state index < -0.39 is 0 Å². The Bertz CT molecular complexity index is 342. The summed E-state index contributed by atoms with van der Waals surface area (Å²) in [6.07, 6.45) is 0.888. The lowest BCUT2D eigenvalue weighted by Gasteiger charge is -2.04. The Morgan fingerprint density at radius 3 is 2.50 bits per heavy atom. The van der Waals surface area contributed by atoms with Crippen LogP contribution in [0.1, 0.15) is 11.1 Å². The van der Waals surface area contributed by atoms with Gasteiger partial charge in [0.05, 0.1) is 4.92 Å². The summed E-state index contributed by atoms with van der Waals surface area (Å²) in [6, 6.07) is 4.98. The first-order valence-corrected chi connectivity index (χ1v) is 6.31. The van der Waals surface area contributed by atoms with Crippen molar-refractivity contribution in [2.75, 3.05) is 5.33 Å². The van der Waals surface area contributed by atoms with Gasteiger partial charge in [-0.1, -0.05) is 37.9 Å². The number of nitro groups is 1. The number of rotatable bonds is 4. The predicted molar refractivity (Wildman–Crippen MR) is 63.2 cm³/mol. The van der Waals surface area contributed by atoms with Gasteiger partial charge in [0.25, 0.3) is 5.69 Å². The zero-order valence-corrected chi connectivity index (χ0v) is 10.5. The molecule has 0 N–H and O–H groups in total. The summed E-state index contributed by atoms with van der Waals surface area (Å²) in [5, 5.41) is 12.0. The Morgan fingerprint density at radius 2 is 2.00 bits per heavy atom. The Morgan fingerprint density at radius 1 is 1.29 bits per heavy atom. The van der Waals surface area contributed by atoms with Gasteiger partial charge in [-0.3, -0.25) is 10.1 Å². The molecule has 0 atom stereocenters. The second-order valence-electron chi connectivity index (χ2n) is 2.78. The van der Waals surface area contributed by atoms with E-state index in [1.165, 1.54) is 0 Å². The highest BCUT2D eigenvalue weighted by Crippen LogP contribution is 2.20. The number of halogens is 2. The minimum atomic E-state index is -0.371. The zero-order valence-electron chi connectivity index (χ0n) is 7.37. The molecule has 0 bridgehead atoms. The second-order valence-corrected chi connectivity index (χ2v) is 4.14. The van der Waals surface area contributed by atoms with Crippen LogP contribution in [0.15, 0.2) is 18.2 Å². The van der Waals surface area contributed by atoms with E-state index in [1.807, 2.05) is 6.07 Å². The average molecular weight is 323 g/mol. The van der Waals surface area contributed by atoms with Gasteiger partial charge in [-0.2, -0.15) is 0 Å². The van der Waals surface area contributed by atoms with Crippen LogP contribution in [-0.4, -0.2) is 10.3 Å². The lowest BCUT2D eigenvalue weighted by molar-refractivity contribution is -0.384. The molecule has 1 aromatic carbocycles. The molecule has 0 amide bonds. The van der Waals surface area contributed by atoms with Crippen LogP contribution in [-0.2, 0) is 11.8 Å². The Balaban J connectivity index is 3.04. The Labute approximate surface area is 98.9 Å². The molecule has 14 heavy (non-hydrogen) atoms. The van der Waals surface area contributed by atoms with Crippen molar-refractivity contribution in [1.82, 2.24) is 0 Å². The van der Waals surface area contributed by atoms with Gasteiger partial charge in [-0.05, 0) is 17.5 Å². The number of benzene rings is 1. The van der Waals surface area contributed by atoms with Gasteiger partial charge in [0.15, 0.2) is 0 Å². The van der Waals surface area contributed by atoms with Crippen LogP contribution in [0, 0.1) is 10.1 Å². The van der Waals surface area contributed by atoms with Crippen molar-refractivity contribution in [2.45, 2.75) is 11.8 Å². The molecule has 1 aromatic rings. The summed E-state index contributed by atoms with van der Waals surface area (Å²) in [7, 11) is 0. The summed E-state index contributed by atoms with van der Waals surface area (Å²) < 4.78 is 0. The monoisotopic (exact) mass is 321 g/mol. The van der Waals surface area contributed by atoms with Crippen LogP contribution in [0.2, 0.25) is 0 Å². The molecule has 5 heteroatoms. The number of non-ortho nitro benzene ring substituents is 1. The van der Waals surface area contributed by atoms with Crippen LogP contribution in [0.3, 0.4) is 0 Å². The lowest BCUT2D eigenvalue weighted by Crippen LogP contribution is -1.95. The van der Waals surface area contributed by atoms with Crippen LogP contribution >= 0.6 is 31.9 Å². The summed E-state index contributed by atoms with van der Waals surface area (Å²) in [4.78, 5) is 10.1. The molecule has 0 radical (unpaired) electrons. The molecule has 0 heterocycles. The Kier molecular flexibility index (Phi) is 4.54.